The van der Waals surface area contributed by atoms with Gasteiger partial charge in [0.25, 0.3) is 0 Å². The summed E-state index contributed by atoms with van der Waals surface area (Å²) < 4.78 is 1.19. The predicted octanol–water partition coefficient (Wildman–Crippen LogP) is 2.93. The van der Waals surface area contributed by atoms with E-state index < -0.39 is 0 Å². The number of aryl methyl sites for hydroxylation is 1. The topological polar surface area (TPSA) is 24.9 Å². The Morgan fingerprint density at radius 1 is 1.57 bits per heavy atom. The summed E-state index contributed by atoms with van der Waals surface area (Å²) in [6.45, 7) is 7.47. The van der Waals surface area contributed by atoms with Crippen molar-refractivity contribution in [2.75, 3.05) is 12.3 Å². The van der Waals surface area contributed by atoms with E-state index in [0.717, 1.165) is 18.0 Å². The third-order valence-electron chi connectivity index (χ3n) is 1.99. The first kappa shape index (κ1) is 12.0. The van der Waals surface area contributed by atoms with Gasteiger partial charge in [0.2, 0.25) is 0 Å². The van der Waals surface area contributed by atoms with E-state index in [9.17, 15) is 0 Å². The molecular formula is C10H18N2S2. The molecule has 1 rings (SSSR count). The summed E-state index contributed by atoms with van der Waals surface area (Å²) >= 11 is 3.60. The Morgan fingerprint density at radius 2 is 2.36 bits per heavy atom. The molecule has 0 aliphatic heterocycles. The average molecular weight is 230 g/mol. The van der Waals surface area contributed by atoms with Gasteiger partial charge in [0.1, 0.15) is 4.34 Å². The van der Waals surface area contributed by atoms with Crippen LogP contribution < -0.4 is 5.32 Å². The number of thioether (sulfide) groups is 1. The lowest BCUT2D eigenvalue weighted by Crippen LogP contribution is -2.30. The first-order valence-corrected chi connectivity index (χ1v) is 6.91. The summed E-state index contributed by atoms with van der Waals surface area (Å²) in [5.41, 5.74) is 1.13. The van der Waals surface area contributed by atoms with E-state index in [1.807, 2.05) is 18.7 Å². The normalized spacial score (nSPS) is 13.1. The molecule has 0 saturated heterocycles. The second-order valence-corrected chi connectivity index (χ2v) is 5.35. The fraction of sp³-hybridized carbons (Fsp3) is 0.700. The summed E-state index contributed by atoms with van der Waals surface area (Å²) in [5.74, 6) is 1.12. The number of nitrogens with zero attached hydrogens (tertiary/aromatic N) is 1. The molecule has 0 amide bonds. The van der Waals surface area contributed by atoms with Crippen molar-refractivity contribution in [1.29, 1.82) is 0 Å². The van der Waals surface area contributed by atoms with Gasteiger partial charge in [0.15, 0.2) is 0 Å². The Labute approximate surface area is 94.5 Å². The molecule has 2 nitrogen and oxygen atoms in total. The molecule has 1 aromatic heterocycles. The summed E-state index contributed by atoms with van der Waals surface area (Å²) in [6, 6.07) is 0.620. The lowest BCUT2D eigenvalue weighted by Gasteiger charge is -2.13. The van der Waals surface area contributed by atoms with Crippen LogP contribution in [0.2, 0.25) is 0 Å². The van der Waals surface area contributed by atoms with Gasteiger partial charge in [-0.25, -0.2) is 4.98 Å². The molecular weight excluding hydrogens is 212 g/mol. The molecule has 0 fully saturated rings. The Morgan fingerprint density at radius 3 is 2.86 bits per heavy atom. The standard InChI is InChI=1S/C10H18N2S2/c1-4-9(11-5-2)7-14-10-12-8(3)6-13-10/h6,9,11H,4-5,7H2,1-3H3. The second kappa shape index (κ2) is 6.43. The van der Waals surface area contributed by atoms with Crippen LogP contribution in [0.4, 0.5) is 0 Å². The van der Waals surface area contributed by atoms with Gasteiger partial charge < -0.3 is 5.32 Å². The molecule has 0 radical (unpaired) electrons. The molecule has 0 aliphatic carbocycles. The number of hydrogen-bond donors (Lipinski definition) is 1. The zero-order chi connectivity index (χ0) is 10.4. The highest BCUT2D eigenvalue weighted by atomic mass is 32.2. The van der Waals surface area contributed by atoms with E-state index in [2.05, 4.69) is 29.5 Å². The van der Waals surface area contributed by atoms with Crippen LogP contribution in [0.1, 0.15) is 26.0 Å². The molecule has 1 aromatic rings. The maximum Gasteiger partial charge on any atom is 0.150 e. The van der Waals surface area contributed by atoms with Crippen molar-refractivity contribution in [2.24, 2.45) is 0 Å². The van der Waals surface area contributed by atoms with Gasteiger partial charge in [-0.2, -0.15) is 0 Å². The molecule has 0 spiro atoms. The van der Waals surface area contributed by atoms with Gasteiger partial charge in [0, 0.05) is 22.9 Å². The largest absolute Gasteiger partial charge is 0.313 e. The highest BCUT2D eigenvalue weighted by Crippen LogP contribution is 2.23. The van der Waals surface area contributed by atoms with Gasteiger partial charge in [-0.1, -0.05) is 25.6 Å². The highest BCUT2D eigenvalue weighted by Gasteiger charge is 2.06. The molecule has 0 saturated carbocycles. The summed E-state index contributed by atoms with van der Waals surface area (Å²) in [5, 5.41) is 5.57. The fourth-order valence-electron chi connectivity index (χ4n) is 1.18. The summed E-state index contributed by atoms with van der Waals surface area (Å²) in [6.07, 6.45) is 1.19. The molecule has 1 heterocycles. The van der Waals surface area contributed by atoms with E-state index >= 15 is 0 Å². The van der Waals surface area contributed by atoms with Crippen LogP contribution in [0.25, 0.3) is 0 Å². The van der Waals surface area contributed by atoms with Crippen molar-refractivity contribution < 1.29 is 0 Å². The molecule has 0 bridgehead atoms. The van der Waals surface area contributed by atoms with Crippen LogP contribution in [0.3, 0.4) is 0 Å². The van der Waals surface area contributed by atoms with Crippen LogP contribution >= 0.6 is 23.1 Å². The molecule has 80 valence electrons. The van der Waals surface area contributed by atoms with Gasteiger partial charge in [0.05, 0.1) is 0 Å². The Balaban J connectivity index is 2.31. The molecule has 1 N–H and O–H groups in total. The average Bonchev–Trinajstić information content (AvgIpc) is 2.59. The van der Waals surface area contributed by atoms with Crippen molar-refractivity contribution in [3.8, 4) is 0 Å². The summed E-state index contributed by atoms with van der Waals surface area (Å²) in [4.78, 5) is 4.43. The molecule has 0 aliphatic rings. The Kier molecular flexibility index (Phi) is 5.52. The summed E-state index contributed by atoms with van der Waals surface area (Å²) in [7, 11) is 0. The third-order valence-corrected chi connectivity index (χ3v) is 4.29. The van der Waals surface area contributed by atoms with Crippen LogP contribution in [-0.4, -0.2) is 23.3 Å². The minimum Gasteiger partial charge on any atom is -0.313 e. The number of thiazole rings is 1. The maximum absolute atomic E-state index is 4.43. The fourth-order valence-corrected chi connectivity index (χ4v) is 3.23. The quantitative estimate of drug-likeness (QED) is 0.761. The highest BCUT2D eigenvalue weighted by molar-refractivity contribution is 8.01. The lowest BCUT2D eigenvalue weighted by molar-refractivity contribution is 0.560. The van der Waals surface area contributed by atoms with Gasteiger partial charge in [-0.3, -0.25) is 0 Å². The van der Waals surface area contributed by atoms with Gasteiger partial charge in [-0.15, -0.1) is 11.3 Å². The van der Waals surface area contributed by atoms with Gasteiger partial charge >= 0.3 is 0 Å². The Bertz CT molecular complexity index is 260. The van der Waals surface area contributed by atoms with Crippen LogP contribution in [0, 0.1) is 6.92 Å². The van der Waals surface area contributed by atoms with Crippen molar-refractivity contribution in [3.63, 3.8) is 0 Å². The number of hydrogen-bond acceptors (Lipinski definition) is 4. The van der Waals surface area contributed by atoms with Crippen molar-refractivity contribution in [2.45, 2.75) is 37.6 Å². The van der Waals surface area contributed by atoms with E-state index in [1.54, 1.807) is 11.3 Å². The lowest BCUT2D eigenvalue weighted by atomic mass is 10.2. The van der Waals surface area contributed by atoms with Crippen LogP contribution in [-0.2, 0) is 0 Å². The first-order chi connectivity index (χ1) is 6.76. The van der Waals surface area contributed by atoms with Gasteiger partial charge in [-0.05, 0) is 19.9 Å². The Hall–Kier alpha value is -0.0600. The zero-order valence-corrected chi connectivity index (χ0v) is 10.7. The van der Waals surface area contributed by atoms with E-state index in [0.29, 0.717) is 6.04 Å². The minimum atomic E-state index is 0.620. The monoisotopic (exact) mass is 230 g/mol. The zero-order valence-electron chi connectivity index (χ0n) is 9.04. The number of nitrogens with one attached hydrogen (secondary N) is 1. The predicted molar refractivity (Wildman–Crippen MR) is 65.3 cm³/mol. The smallest absolute Gasteiger partial charge is 0.150 e. The minimum absolute atomic E-state index is 0.620. The van der Waals surface area contributed by atoms with Crippen LogP contribution in [0.5, 0.6) is 0 Å². The van der Waals surface area contributed by atoms with Crippen LogP contribution in [0.15, 0.2) is 9.72 Å². The van der Waals surface area contributed by atoms with E-state index in [1.165, 1.54) is 10.8 Å². The van der Waals surface area contributed by atoms with Crippen molar-refractivity contribution in [1.82, 2.24) is 10.3 Å². The van der Waals surface area contributed by atoms with E-state index in [4.69, 9.17) is 0 Å². The number of rotatable bonds is 6. The SMILES string of the molecule is CCNC(CC)CSc1nc(C)cs1. The second-order valence-electron chi connectivity index (χ2n) is 3.23. The molecule has 1 unspecified atom stereocenters. The molecule has 14 heavy (non-hydrogen) atoms. The van der Waals surface area contributed by atoms with Crippen molar-refractivity contribution >= 4 is 23.1 Å². The molecule has 0 aromatic carbocycles. The maximum atomic E-state index is 4.43. The van der Waals surface area contributed by atoms with E-state index in [-0.39, 0.29) is 0 Å². The third kappa shape index (κ3) is 3.98. The molecule has 1 atom stereocenters. The first-order valence-electron chi connectivity index (χ1n) is 5.04. The molecule has 4 heteroatoms. The van der Waals surface area contributed by atoms with Crippen molar-refractivity contribution in [3.05, 3.63) is 11.1 Å². The number of aromatic nitrogens is 1.